The van der Waals surface area contributed by atoms with Gasteiger partial charge in [0.05, 0.1) is 0 Å². The zero-order valence-electron chi connectivity index (χ0n) is 9.99. The van der Waals surface area contributed by atoms with Crippen molar-refractivity contribution in [3.63, 3.8) is 0 Å². The van der Waals surface area contributed by atoms with Gasteiger partial charge in [0.2, 0.25) is 0 Å². The van der Waals surface area contributed by atoms with Gasteiger partial charge in [0, 0.05) is 12.1 Å². The third kappa shape index (κ3) is 6.86. The first-order valence-corrected chi connectivity index (χ1v) is 5.25. The van der Waals surface area contributed by atoms with Gasteiger partial charge < -0.3 is 14.8 Å². The molecule has 0 saturated carbocycles. The summed E-state index contributed by atoms with van der Waals surface area (Å²) in [4.78, 5) is 22.0. The number of nitrogens with one attached hydrogen (secondary N) is 1. The van der Waals surface area contributed by atoms with Crippen LogP contribution in [0.1, 0.15) is 27.2 Å². The average molecular weight is 229 g/mol. The number of rotatable bonds is 6. The second kappa shape index (κ2) is 7.73. The van der Waals surface area contributed by atoms with Crippen molar-refractivity contribution < 1.29 is 19.1 Å². The van der Waals surface area contributed by atoms with Gasteiger partial charge in [-0.2, -0.15) is 0 Å². The molecule has 2 unspecified atom stereocenters. The van der Waals surface area contributed by atoms with E-state index < -0.39 is 18.2 Å². The number of carbonyl (C=O) groups excluding carboxylic acids is 2. The molecule has 0 aromatic carbocycles. The molecule has 0 aromatic rings. The lowest BCUT2D eigenvalue weighted by Crippen LogP contribution is -2.35. The number of hydrogen-bond donors (Lipinski definition) is 1. The van der Waals surface area contributed by atoms with Gasteiger partial charge in [0.25, 0.3) is 0 Å². The predicted octanol–water partition coefficient (Wildman–Crippen LogP) is 1.63. The van der Waals surface area contributed by atoms with Crippen LogP contribution in [-0.4, -0.2) is 30.8 Å². The summed E-state index contributed by atoms with van der Waals surface area (Å²) >= 11 is 0. The zero-order valence-corrected chi connectivity index (χ0v) is 9.99. The van der Waals surface area contributed by atoms with Gasteiger partial charge in [-0.05, 0) is 20.3 Å². The first kappa shape index (κ1) is 14.5. The minimum Gasteiger partial charge on any atom is -0.459 e. The van der Waals surface area contributed by atoms with Gasteiger partial charge in [0.1, 0.15) is 12.7 Å². The van der Waals surface area contributed by atoms with E-state index in [0.29, 0.717) is 0 Å². The Bertz CT molecular complexity index is 252. The molecule has 0 aromatic heterocycles. The van der Waals surface area contributed by atoms with Crippen LogP contribution in [-0.2, 0) is 14.3 Å². The molecular formula is C11H19NO4. The Morgan fingerprint density at radius 3 is 2.56 bits per heavy atom. The lowest BCUT2D eigenvalue weighted by atomic mass is 10.3. The normalized spacial score (nSPS) is 13.4. The molecule has 1 N–H and O–H groups in total. The highest BCUT2D eigenvalue weighted by atomic mass is 16.6. The maximum Gasteiger partial charge on any atom is 0.407 e. The second-order valence-electron chi connectivity index (χ2n) is 3.50. The fourth-order valence-corrected chi connectivity index (χ4v) is 0.812. The van der Waals surface area contributed by atoms with Crippen molar-refractivity contribution in [2.24, 2.45) is 0 Å². The van der Waals surface area contributed by atoms with E-state index in [1.807, 2.05) is 13.8 Å². The highest BCUT2D eigenvalue weighted by molar-refractivity contribution is 5.81. The average Bonchev–Trinajstić information content (AvgIpc) is 2.25. The molecule has 16 heavy (non-hydrogen) atoms. The maximum atomic E-state index is 11.2. The van der Waals surface area contributed by atoms with Gasteiger partial charge in [0.15, 0.2) is 0 Å². The Morgan fingerprint density at radius 1 is 1.44 bits per heavy atom. The van der Waals surface area contributed by atoms with Gasteiger partial charge in [-0.3, -0.25) is 0 Å². The molecule has 5 nitrogen and oxygen atoms in total. The fourth-order valence-electron chi connectivity index (χ4n) is 0.812. The molecule has 0 heterocycles. The third-order valence-electron chi connectivity index (χ3n) is 1.91. The summed E-state index contributed by atoms with van der Waals surface area (Å²) in [6.07, 6.45) is 0.908. The van der Waals surface area contributed by atoms with Crippen molar-refractivity contribution in [3.05, 3.63) is 12.7 Å². The summed E-state index contributed by atoms with van der Waals surface area (Å²) < 4.78 is 9.68. The quantitative estimate of drug-likeness (QED) is 0.555. The molecule has 0 saturated heterocycles. The molecule has 0 spiro atoms. The first-order valence-electron chi connectivity index (χ1n) is 5.25. The number of ether oxygens (including phenoxy) is 2. The Kier molecular flexibility index (Phi) is 7.00. The van der Waals surface area contributed by atoms with E-state index in [1.165, 1.54) is 0 Å². The summed E-state index contributed by atoms with van der Waals surface area (Å²) in [7, 11) is 0. The van der Waals surface area contributed by atoms with Crippen LogP contribution < -0.4 is 5.32 Å². The van der Waals surface area contributed by atoms with E-state index in [1.54, 1.807) is 6.92 Å². The number of alkyl carbamates (subject to hydrolysis) is 1. The highest BCUT2D eigenvalue weighted by Crippen LogP contribution is 1.96. The molecule has 92 valence electrons. The Labute approximate surface area is 95.8 Å². The van der Waals surface area contributed by atoms with E-state index in [4.69, 9.17) is 9.47 Å². The Balaban J connectivity index is 3.77. The minimum atomic E-state index is -0.530. The first-order chi connectivity index (χ1) is 7.49. The molecular weight excluding hydrogens is 210 g/mol. The van der Waals surface area contributed by atoms with Gasteiger partial charge in [-0.1, -0.05) is 13.5 Å². The van der Waals surface area contributed by atoms with Gasteiger partial charge >= 0.3 is 12.1 Å². The number of hydrogen-bond acceptors (Lipinski definition) is 4. The summed E-state index contributed by atoms with van der Waals surface area (Å²) in [6, 6.07) is 0.0652. The van der Waals surface area contributed by atoms with Crippen LogP contribution in [0.15, 0.2) is 12.7 Å². The van der Waals surface area contributed by atoms with Crippen molar-refractivity contribution >= 4 is 12.1 Å². The molecule has 0 bridgehead atoms. The molecule has 1 amide bonds. The standard InChI is InChI=1S/C11H19NO4/c1-5-8(3)12-11(14)16-9(4)7-15-10(13)6-2/h6,8-9H,2,5,7H2,1,3-4H3,(H,12,14). The van der Waals surface area contributed by atoms with Gasteiger partial charge in [-0.15, -0.1) is 0 Å². The molecule has 2 atom stereocenters. The molecule has 0 aliphatic rings. The van der Waals surface area contributed by atoms with Crippen LogP contribution in [0.2, 0.25) is 0 Å². The lowest BCUT2D eigenvalue weighted by molar-refractivity contribution is -0.140. The minimum absolute atomic E-state index is 0.0266. The molecule has 0 aliphatic heterocycles. The third-order valence-corrected chi connectivity index (χ3v) is 1.91. The topological polar surface area (TPSA) is 64.6 Å². The molecule has 0 fully saturated rings. The van der Waals surface area contributed by atoms with E-state index in [-0.39, 0.29) is 12.6 Å². The maximum absolute atomic E-state index is 11.2. The smallest absolute Gasteiger partial charge is 0.407 e. The van der Waals surface area contributed by atoms with Crippen LogP contribution in [0.4, 0.5) is 4.79 Å². The van der Waals surface area contributed by atoms with Crippen molar-refractivity contribution in [2.45, 2.75) is 39.3 Å². The monoisotopic (exact) mass is 229 g/mol. The van der Waals surface area contributed by atoms with Crippen LogP contribution >= 0.6 is 0 Å². The number of carbonyl (C=O) groups is 2. The Hall–Kier alpha value is -1.52. The second-order valence-corrected chi connectivity index (χ2v) is 3.50. The van der Waals surface area contributed by atoms with E-state index in [2.05, 4.69) is 11.9 Å². The van der Waals surface area contributed by atoms with Crippen molar-refractivity contribution in [3.8, 4) is 0 Å². The summed E-state index contributed by atoms with van der Waals surface area (Å²) in [5.41, 5.74) is 0. The summed E-state index contributed by atoms with van der Waals surface area (Å²) in [5.74, 6) is -0.530. The molecule has 5 heteroatoms. The highest BCUT2D eigenvalue weighted by Gasteiger charge is 2.12. The molecule has 0 radical (unpaired) electrons. The number of esters is 1. The van der Waals surface area contributed by atoms with E-state index >= 15 is 0 Å². The van der Waals surface area contributed by atoms with Gasteiger partial charge in [-0.25, -0.2) is 9.59 Å². The summed E-state index contributed by atoms with van der Waals surface area (Å²) in [5, 5.41) is 2.64. The van der Waals surface area contributed by atoms with Crippen LogP contribution in [0.25, 0.3) is 0 Å². The SMILES string of the molecule is C=CC(=O)OCC(C)OC(=O)NC(C)CC. The zero-order chi connectivity index (χ0) is 12.6. The number of amides is 1. The molecule has 0 aliphatic carbocycles. The molecule has 0 rings (SSSR count). The van der Waals surface area contributed by atoms with E-state index in [0.717, 1.165) is 12.5 Å². The van der Waals surface area contributed by atoms with E-state index in [9.17, 15) is 9.59 Å². The summed E-state index contributed by atoms with van der Waals surface area (Å²) in [6.45, 7) is 8.76. The predicted molar refractivity (Wildman–Crippen MR) is 60.0 cm³/mol. The lowest BCUT2D eigenvalue weighted by Gasteiger charge is -2.16. The van der Waals surface area contributed by atoms with Crippen molar-refractivity contribution in [1.29, 1.82) is 0 Å². The fraction of sp³-hybridized carbons (Fsp3) is 0.636. The van der Waals surface area contributed by atoms with Crippen molar-refractivity contribution in [1.82, 2.24) is 5.32 Å². The van der Waals surface area contributed by atoms with Crippen molar-refractivity contribution in [2.75, 3.05) is 6.61 Å². The van der Waals surface area contributed by atoms with Crippen LogP contribution in [0.5, 0.6) is 0 Å². The van der Waals surface area contributed by atoms with Crippen LogP contribution in [0, 0.1) is 0 Å². The Morgan fingerprint density at radius 2 is 2.06 bits per heavy atom. The largest absolute Gasteiger partial charge is 0.459 e. The van der Waals surface area contributed by atoms with Crippen LogP contribution in [0.3, 0.4) is 0 Å².